The van der Waals surface area contributed by atoms with Gasteiger partial charge in [0.25, 0.3) is 0 Å². The molecule has 2 atom stereocenters. The van der Waals surface area contributed by atoms with Gasteiger partial charge in [0.05, 0.1) is 25.4 Å². The number of likely N-dealkylation sites (N-methyl/N-ethyl adjacent to an activating group) is 1. The molecule has 2 heterocycles. The van der Waals surface area contributed by atoms with Gasteiger partial charge in [-0.25, -0.2) is 0 Å². The Morgan fingerprint density at radius 3 is 2.08 bits per heavy atom. The molecule has 2 bridgehead atoms. The molecule has 0 aromatic heterocycles. The highest BCUT2D eigenvalue weighted by atomic mass is 16.6. The first-order valence-corrected chi connectivity index (χ1v) is 4.76. The molecule has 2 aliphatic rings. The van der Waals surface area contributed by atoms with Crippen LogP contribution in [-0.2, 0) is 9.47 Å². The van der Waals surface area contributed by atoms with Crippen LogP contribution in [0.15, 0.2) is 0 Å². The summed E-state index contributed by atoms with van der Waals surface area (Å²) in [6.45, 7) is 7.61. The van der Waals surface area contributed by atoms with Crippen molar-refractivity contribution in [3.8, 4) is 0 Å². The molecule has 0 radical (unpaired) electrons. The van der Waals surface area contributed by atoms with Crippen LogP contribution >= 0.6 is 0 Å². The van der Waals surface area contributed by atoms with Gasteiger partial charge in [0.2, 0.25) is 0 Å². The zero-order valence-electron chi connectivity index (χ0n) is 8.25. The van der Waals surface area contributed by atoms with E-state index >= 15 is 0 Å². The second kappa shape index (κ2) is 4.80. The van der Waals surface area contributed by atoms with Crippen LogP contribution in [0.4, 0.5) is 0 Å². The number of hydrogen-bond donors (Lipinski definition) is 0. The largest absolute Gasteiger partial charge is 0.376 e. The molecule has 2 fully saturated rings. The minimum absolute atomic E-state index is 0.331. The molecule has 0 spiro atoms. The molecule has 0 aromatic carbocycles. The number of fused-ring (bicyclic) bond motifs is 2. The van der Waals surface area contributed by atoms with Crippen molar-refractivity contribution < 1.29 is 9.47 Å². The molecule has 72 valence electrons. The van der Waals surface area contributed by atoms with E-state index < -0.39 is 0 Å². The Labute approximate surface area is 74.6 Å². The van der Waals surface area contributed by atoms with Crippen molar-refractivity contribution >= 4 is 0 Å². The molecule has 2 rings (SSSR count). The average molecular weight is 173 g/mol. The van der Waals surface area contributed by atoms with Crippen LogP contribution in [-0.4, -0.2) is 50.5 Å². The molecule has 0 N–H and O–H groups in total. The van der Waals surface area contributed by atoms with Crippen molar-refractivity contribution in [2.45, 2.75) is 26.1 Å². The van der Waals surface area contributed by atoms with Crippen molar-refractivity contribution in [1.29, 1.82) is 0 Å². The number of rotatable bonds is 0. The first-order valence-electron chi connectivity index (χ1n) is 4.76. The Hall–Kier alpha value is -0.120. The molecule has 2 unspecified atom stereocenters. The first kappa shape index (κ1) is 9.96. The van der Waals surface area contributed by atoms with E-state index in [4.69, 9.17) is 9.47 Å². The molecule has 2 saturated heterocycles. The van der Waals surface area contributed by atoms with Gasteiger partial charge in [-0.15, -0.1) is 0 Å². The van der Waals surface area contributed by atoms with E-state index in [9.17, 15) is 0 Å². The molecule has 0 aromatic rings. The summed E-state index contributed by atoms with van der Waals surface area (Å²) in [6, 6.07) is 0. The molecular formula is C9H19NO2. The Morgan fingerprint density at radius 2 is 1.58 bits per heavy atom. The topological polar surface area (TPSA) is 21.7 Å². The van der Waals surface area contributed by atoms with Crippen molar-refractivity contribution in [1.82, 2.24) is 4.90 Å². The number of ether oxygens (including phenoxy) is 2. The monoisotopic (exact) mass is 173 g/mol. The lowest BCUT2D eigenvalue weighted by molar-refractivity contribution is -0.175. The standard InChI is InChI=1S/C7H13NO2.C2H6/c1-8-2-6-4-9-5-7(3-8)10-6;1-2/h6-7H,2-5H2,1H3;1-2H3. The van der Waals surface area contributed by atoms with Gasteiger partial charge < -0.3 is 14.4 Å². The Bertz CT molecular complexity index is 114. The van der Waals surface area contributed by atoms with Crippen LogP contribution in [0.25, 0.3) is 0 Å². The predicted molar refractivity (Wildman–Crippen MR) is 48.3 cm³/mol. The van der Waals surface area contributed by atoms with Crippen LogP contribution in [0.3, 0.4) is 0 Å². The van der Waals surface area contributed by atoms with Crippen LogP contribution in [0.1, 0.15) is 13.8 Å². The van der Waals surface area contributed by atoms with E-state index in [1.807, 2.05) is 13.8 Å². The molecule has 3 nitrogen and oxygen atoms in total. The SMILES string of the molecule is CC.CN1CC2COCC(C1)O2. The molecular weight excluding hydrogens is 154 g/mol. The highest BCUT2D eigenvalue weighted by molar-refractivity contribution is 4.78. The summed E-state index contributed by atoms with van der Waals surface area (Å²) in [5.74, 6) is 0. The summed E-state index contributed by atoms with van der Waals surface area (Å²) in [5.41, 5.74) is 0. The van der Waals surface area contributed by atoms with Gasteiger partial charge in [-0.05, 0) is 7.05 Å². The quantitative estimate of drug-likeness (QED) is 0.539. The van der Waals surface area contributed by atoms with Gasteiger partial charge in [-0.1, -0.05) is 13.8 Å². The summed E-state index contributed by atoms with van der Waals surface area (Å²) in [6.07, 6.45) is 0.662. The highest BCUT2D eigenvalue weighted by Gasteiger charge is 2.29. The van der Waals surface area contributed by atoms with Crippen LogP contribution in [0.5, 0.6) is 0 Å². The molecule has 12 heavy (non-hydrogen) atoms. The zero-order valence-corrected chi connectivity index (χ0v) is 8.25. The minimum Gasteiger partial charge on any atom is -0.376 e. The lowest BCUT2D eigenvalue weighted by Crippen LogP contribution is -2.52. The molecule has 0 aliphatic carbocycles. The van der Waals surface area contributed by atoms with Gasteiger partial charge in [-0.3, -0.25) is 0 Å². The summed E-state index contributed by atoms with van der Waals surface area (Å²) in [5, 5.41) is 0. The van der Waals surface area contributed by atoms with Crippen molar-refractivity contribution in [3.05, 3.63) is 0 Å². The number of nitrogens with zero attached hydrogens (tertiary/aromatic N) is 1. The first-order chi connectivity index (χ1) is 5.84. The highest BCUT2D eigenvalue weighted by Crippen LogP contribution is 2.14. The number of morpholine rings is 1. The lowest BCUT2D eigenvalue weighted by Gasteiger charge is -2.39. The summed E-state index contributed by atoms with van der Waals surface area (Å²) in [4.78, 5) is 2.31. The van der Waals surface area contributed by atoms with Crippen molar-refractivity contribution in [2.75, 3.05) is 33.4 Å². The molecule has 0 saturated carbocycles. The van der Waals surface area contributed by atoms with Crippen molar-refractivity contribution in [2.24, 2.45) is 0 Å². The Morgan fingerprint density at radius 1 is 1.08 bits per heavy atom. The van der Waals surface area contributed by atoms with E-state index in [0.717, 1.165) is 26.3 Å². The third-order valence-electron chi connectivity index (χ3n) is 2.02. The second-order valence-electron chi connectivity index (χ2n) is 3.14. The van der Waals surface area contributed by atoms with E-state index in [0.29, 0.717) is 12.2 Å². The summed E-state index contributed by atoms with van der Waals surface area (Å²) >= 11 is 0. The maximum atomic E-state index is 5.63. The van der Waals surface area contributed by atoms with Gasteiger partial charge in [0.15, 0.2) is 0 Å². The van der Waals surface area contributed by atoms with Gasteiger partial charge in [0.1, 0.15) is 0 Å². The van der Waals surface area contributed by atoms with E-state index in [-0.39, 0.29) is 0 Å². The third-order valence-corrected chi connectivity index (χ3v) is 2.02. The van der Waals surface area contributed by atoms with E-state index in [1.165, 1.54) is 0 Å². The van der Waals surface area contributed by atoms with Crippen LogP contribution < -0.4 is 0 Å². The summed E-state index contributed by atoms with van der Waals surface area (Å²) in [7, 11) is 2.13. The minimum atomic E-state index is 0.331. The molecule has 0 amide bonds. The fraction of sp³-hybridized carbons (Fsp3) is 1.00. The average Bonchev–Trinajstić information content (AvgIpc) is 2.07. The van der Waals surface area contributed by atoms with Crippen molar-refractivity contribution in [3.63, 3.8) is 0 Å². The normalized spacial score (nSPS) is 35.2. The fourth-order valence-corrected chi connectivity index (χ4v) is 1.64. The maximum Gasteiger partial charge on any atom is 0.0940 e. The molecule has 2 aliphatic heterocycles. The van der Waals surface area contributed by atoms with Gasteiger partial charge >= 0.3 is 0 Å². The maximum absolute atomic E-state index is 5.63. The van der Waals surface area contributed by atoms with Gasteiger partial charge in [-0.2, -0.15) is 0 Å². The molecule has 3 heteroatoms. The second-order valence-corrected chi connectivity index (χ2v) is 3.14. The zero-order chi connectivity index (χ0) is 8.97. The van der Waals surface area contributed by atoms with Gasteiger partial charge in [0, 0.05) is 13.1 Å². The smallest absolute Gasteiger partial charge is 0.0940 e. The third kappa shape index (κ3) is 2.44. The Balaban J connectivity index is 0.000000336. The lowest BCUT2D eigenvalue weighted by atomic mass is 10.2. The fourth-order valence-electron chi connectivity index (χ4n) is 1.64. The predicted octanol–water partition coefficient (Wildman–Crippen LogP) is 0.742. The van der Waals surface area contributed by atoms with E-state index in [1.54, 1.807) is 0 Å². The Kier molecular flexibility index (Phi) is 3.98. The van der Waals surface area contributed by atoms with Crippen LogP contribution in [0, 0.1) is 0 Å². The van der Waals surface area contributed by atoms with Crippen LogP contribution in [0.2, 0.25) is 0 Å². The number of hydrogen-bond acceptors (Lipinski definition) is 3. The summed E-state index contributed by atoms with van der Waals surface area (Å²) < 4.78 is 11.0. The van der Waals surface area contributed by atoms with E-state index in [2.05, 4.69) is 11.9 Å².